The van der Waals surface area contributed by atoms with Gasteiger partial charge in [0.25, 0.3) is 0 Å². The summed E-state index contributed by atoms with van der Waals surface area (Å²) in [6.45, 7) is 0.872. The molecule has 0 bridgehead atoms. The van der Waals surface area contributed by atoms with Crippen molar-refractivity contribution in [2.24, 2.45) is 11.6 Å². The van der Waals surface area contributed by atoms with Crippen LogP contribution in [0, 0.1) is 0 Å². The molecule has 1 aliphatic rings. The molecule has 1 aliphatic heterocycles. The Morgan fingerprint density at radius 3 is 2.88 bits per heavy atom. The Balaban J connectivity index is 2.53. The van der Waals surface area contributed by atoms with Crippen molar-refractivity contribution in [2.45, 2.75) is 6.42 Å². The maximum absolute atomic E-state index is 5.38. The number of hydrogen-bond donors (Lipinski definition) is 3. The lowest BCUT2D eigenvalue weighted by Crippen LogP contribution is -2.47. The van der Waals surface area contributed by atoms with Gasteiger partial charge in [-0.25, -0.2) is 16.4 Å². The highest BCUT2D eigenvalue weighted by Crippen LogP contribution is 1.94. The Morgan fingerprint density at radius 2 is 2.50 bits per heavy atom. The van der Waals surface area contributed by atoms with Crippen LogP contribution in [0.25, 0.3) is 0 Å². The van der Waals surface area contributed by atoms with E-state index < -0.39 is 0 Å². The Hall–Kier alpha value is -0.740. The summed E-state index contributed by atoms with van der Waals surface area (Å²) < 4.78 is 0. The van der Waals surface area contributed by atoms with Crippen LogP contribution in [0.2, 0.25) is 0 Å². The van der Waals surface area contributed by atoms with Crippen LogP contribution < -0.4 is 17.0 Å². The molecule has 1 rings (SSSR count). The molecule has 8 heavy (non-hydrogen) atoms. The predicted octanol–water partition coefficient (Wildman–Crippen LogP) is -1.13. The molecule has 4 heteroatoms. The minimum atomic E-state index is 0.594. The van der Waals surface area contributed by atoms with Gasteiger partial charge in [0.2, 0.25) is 0 Å². The highest BCUT2D eigenvalue weighted by molar-refractivity contribution is 4.95. The zero-order valence-corrected chi connectivity index (χ0v) is 4.59. The number of rotatable bonds is 0. The molecule has 0 saturated heterocycles. The molecule has 0 radical (unpaired) electrons. The summed E-state index contributed by atoms with van der Waals surface area (Å²) in [4.78, 5) is 0. The van der Waals surface area contributed by atoms with Gasteiger partial charge in [-0.15, -0.1) is 0 Å². The maximum Gasteiger partial charge on any atom is 0.126 e. The van der Waals surface area contributed by atoms with Crippen LogP contribution in [0.15, 0.2) is 11.9 Å². The highest BCUT2D eigenvalue weighted by Gasteiger charge is 2.02. The van der Waals surface area contributed by atoms with Crippen molar-refractivity contribution in [1.29, 1.82) is 0 Å². The van der Waals surface area contributed by atoms with E-state index in [1.165, 1.54) is 5.12 Å². The summed E-state index contributed by atoms with van der Waals surface area (Å²) in [5.41, 5.74) is 8.23. The van der Waals surface area contributed by atoms with E-state index in [0.29, 0.717) is 5.82 Å². The van der Waals surface area contributed by atoms with E-state index >= 15 is 0 Å². The zero-order chi connectivity index (χ0) is 5.98. The summed E-state index contributed by atoms with van der Waals surface area (Å²) in [6.07, 6.45) is 2.84. The van der Waals surface area contributed by atoms with Crippen LogP contribution in [0.1, 0.15) is 6.42 Å². The second-order valence-electron chi connectivity index (χ2n) is 1.70. The van der Waals surface area contributed by atoms with Crippen molar-refractivity contribution >= 4 is 0 Å². The van der Waals surface area contributed by atoms with Crippen molar-refractivity contribution in [1.82, 2.24) is 10.5 Å². The lowest BCUT2D eigenvalue weighted by atomic mass is 10.4. The number of nitrogens with two attached hydrogens (primary N) is 2. The molecule has 0 aliphatic carbocycles. The number of hydrazine groups is 2. The first-order chi connectivity index (χ1) is 3.80. The van der Waals surface area contributed by atoms with Gasteiger partial charge in [0.1, 0.15) is 5.82 Å². The van der Waals surface area contributed by atoms with E-state index in [9.17, 15) is 0 Å². The topological polar surface area (TPSA) is 67.3 Å². The third kappa shape index (κ3) is 0.907. The lowest BCUT2D eigenvalue weighted by Gasteiger charge is -2.22. The molecular formula is C4H10N4. The van der Waals surface area contributed by atoms with Gasteiger partial charge >= 0.3 is 0 Å². The minimum Gasteiger partial charge on any atom is -0.383 e. The van der Waals surface area contributed by atoms with Crippen molar-refractivity contribution < 1.29 is 0 Å². The summed E-state index contributed by atoms with van der Waals surface area (Å²) in [6, 6.07) is 0. The SMILES string of the molecule is NC1=CCCNN1N. The average molecular weight is 114 g/mol. The van der Waals surface area contributed by atoms with E-state index in [0.717, 1.165) is 13.0 Å². The summed E-state index contributed by atoms with van der Waals surface area (Å²) in [5.74, 6) is 5.90. The van der Waals surface area contributed by atoms with Gasteiger partial charge in [0.05, 0.1) is 0 Å². The first-order valence-corrected chi connectivity index (χ1v) is 2.54. The van der Waals surface area contributed by atoms with Crippen LogP contribution in [-0.4, -0.2) is 11.7 Å². The fraction of sp³-hybridized carbons (Fsp3) is 0.500. The van der Waals surface area contributed by atoms with E-state index in [1.807, 2.05) is 6.08 Å². The van der Waals surface area contributed by atoms with E-state index in [2.05, 4.69) is 5.43 Å². The largest absolute Gasteiger partial charge is 0.383 e. The van der Waals surface area contributed by atoms with Gasteiger partial charge in [-0.1, -0.05) is 0 Å². The molecular weight excluding hydrogens is 104 g/mol. The number of nitrogens with zero attached hydrogens (tertiary/aromatic N) is 1. The molecule has 0 spiro atoms. The van der Waals surface area contributed by atoms with Gasteiger partial charge < -0.3 is 5.73 Å². The molecule has 0 aromatic carbocycles. The van der Waals surface area contributed by atoms with Crippen molar-refractivity contribution in [3.63, 3.8) is 0 Å². The molecule has 0 aromatic heterocycles. The molecule has 4 nitrogen and oxygen atoms in total. The predicted molar refractivity (Wildman–Crippen MR) is 30.9 cm³/mol. The van der Waals surface area contributed by atoms with E-state index in [4.69, 9.17) is 11.6 Å². The Kier molecular flexibility index (Phi) is 1.36. The lowest BCUT2D eigenvalue weighted by molar-refractivity contribution is 0.237. The molecule has 46 valence electrons. The number of hydrogen-bond acceptors (Lipinski definition) is 4. The first-order valence-electron chi connectivity index (χ1n) is 2.54. The summed E-state index contributed by atoms with van der Waals surface area (Å²) >= 11 is 0. The summed E-state index contributed by atoms with van der Waals surface area (Å²) in [5, 5.41) is 1.32. The highest BCUT2D eigenvalue weighted by atomic mass is 15.7. The Labute approximate surface area is 48.1 Å². The fourth-order valence-corrected chi connectivity index (χ4v) is 0.595. The molecule has 0 saturated carbocycles. The molecule has 0 fully saturated rings. The first kappa shape index (κ1) is 5.40. The van der Waals surface area contributed by atoms with Crippen LogP contribution in [0.3, 0.4) is 0 Å². The van der Waals surface area contributed by atoms with Crippen LogP contribution in [-0.2, 0) is 0 Å². The third-order valence-electron chi connectivity index (χ3n) is 1.06. The molecule has 5 N–H and O–H groups in total. The normalized spacial score (nSPS) is 20.6. The monoisotopic (exact) mass is 114 g/mol. The third-order valence-corrected chi connectivity index (χ3v) is 1.06. The van der Waals surface area contributed by atoms with Gasteiger partial charge in [0.15, 0.2) is 0 Å². The molecule has 1 heterocycles. The summed E-state index contributed by atoms with van der Waals surface area (Å²) in [7, 11) is 0. The molecule has 0 amide bonds. The molecule has 0 aromatic rings. The minimum absolute atomic E-state index is 0.594. The average Bonchev–Trinajstić information content (AvgIpc) is 1.77. The van der Waals surface area contributed by atoms with Crippen molar-refractivity contribution in [2.75, 3.05) is 6.54 Å². The second-order valence-corrected chi connectivity index (χ2v) is 1.70. The van der Waals surface area contributed by atoms with Gasteiger partial charge in [-0.05, 0) is 12.5 Å². The number of nitrogens with one attached hydrogen (secondary N) is 1. The van der Waals surface area contributed by atoms with Gasteiger partial charge in [0, 0.05) is 6.54 Å². The van der Waals surface area contributed by atoms with Crippen molar-refractivity contribution in [3.8, 4) is 0 Å². The maximum atomic E-state index is 5.38. The van der Waals surface area contributed by atoms with Gasteiger partial charge in [-0.2, -0.15) is 0 Å². The smallest absolute Gasteiger partial charge is 0.126 e. The van der Waals surface area contributed by atoms with E-state index in [-0.39, 0.29) is 0 Å². The van der Waals surface area contributed by atoms with Crippen molar-refractivity contribution in [3.05, 3.63) is 11.9 Å². The standard InChI is InChI=1S/C4H10N4/c5-4-2-1-3-7-8(4)6/h2,7H,1,3,5-6H2. The van der Waals surface area contributed by atoms with Crippen LogP contribution in [0.5, 0.6) is 0 Å². The van der Waals surface area contributed by atoms with Gasteiger partial charge in [-0.3, -0.25) is 0 Å². The zero-order valence-electron chi connectivity index (χ0n) is 4.59. The second kappa shape index (κ2) is 2.02. The Bertz CT molecular complexity index is 109. The molecule has 0 atom stereocenters. The van der Waals surface area contributed by atoms with Crippen LogP contribution in [0.4, 0.5) is 0 Å². The fourth-order valence-electron chi connectivity index (χ4n) is 0.595. The quantitative estimate of drug-likeness (QED) is 0.349. The van der Waals surface area contributed by atoms with Crippen LogP contribution >= 0.6 is 0 Å². The molecule has 0 unspecified atom stereocenters. The Morgan fingerprint density at radius 1 is 1.75 bits per heavy atom. The van der Waals surface area contributed by atoms with E-state index in [1.54, 1.807) is 0 Å².